The molecule has 2 aromatic carbocycles. The summed E-state index contributed by atoms with van der Waals surface area (Å²) in [5.74, 6) is 0. The second-order valence-corrected chi connectivity index (χ2v) is 13.2. The van der Waals surface area contributed by atoms with Crippen LogP contribution >= 0.6 is 0 Å². The van der Waals surface area contributed by atoms with Gasteiger partial charge in [0.25, 0.3) is 8.32 Å². The lowest BCUT2D eigenvalue weighted by molar-refractivity contribution is 0.190. The van der Waals surface area contributed by atoms with Crippen molar-refractivity contribution in [1.82, 2.24) is 4.90 Å². The first-order valence-corrected chi connectivity index (χ1v) is 12.1. The van der Waals surface area contributed by atoms with E-state index >= 15 is 0 Å². The van der Waals surface area contributed by atoms with Gasteiger partial charge >= 0.3 is 0 Å². The average molecular weight is 378 g/mol. The lowest BCUT2D eigenvalue weighted by atomic mass is 10.2. The van der Waals surface area contributed by atoms with E-state index in [1.807, 2.05) is 0 Å². The Morgan fingerprint density at radius 1 is 0.963 bits per heavy atom. The summed E-state index contributed by atoms with van der Waals surface area (Å²) < 4.78 is 7.13. The quantitative estimate of drug-likeness (QED) is 0.720. The van der Waals surface area contributed by atoms with Crippen molar-refractivity contribution in [3.8, 4) is 0 Å². The molecule has 2 aliphatic rings. The molecule has 2 aliphatic heterocycles. The van der Waals surface area contributed by atoms with Crippen molar-refractivity contribution in [3.63, 3.8) is 0 Å². The zero-order valence-electron chi connectivity index (χ0n) is 16.8. The van der Waals surface area contributed by atoms with E-state index in [4.69, 9.17) is 4.43 Å². The van der Waals surface area contributed by atoms with Crippen molar-refractivity contribution in [1.29, 1.82) is 0 Å². The van der Waals surface area contributed by atoms with Crippen LogP contribution in [0.2, 0.25) is 5.04 Å². The topological polar surface area (TPSA) is 12.5 Å². The molecular formula is C24H31NOSi. The van der Waals surface area contributed by atoms with Gasteiger partial charge < -0.3 is 9.33 Å². The highest BCUT2D eigenvalue weighted by Gasteiger charge is 2.50. The molecule has 0 aliphatic carbocycles. The van der Waals surface area contributed by atoms with Crippen LogP contribution in [0.4, 0.5) is 0 Å². The Balaban J connectivity index is 1.72. The Morgan fingerprint density at radius 3 is 2.11 bits per heavy atom. The summed E-state index contributed by atoms with van der Waals surface area (Å²) in [7, 11) is -2.41. The SMILES string of the molecule is CC(C)(C)[Si](OCC1CCC2=CCCN21)(c1ccccc1)c1ccccc1. The second-order valence-electron chi connectivity index (χ2n) is 8.84. The molecule has 1 fully saturated rings. The Labute approximate surface area is 165 Å². The Morgan fingerprint density at radius 2 is 1.56 bits per heavy atom. The van der Waals surface area contributed by atoms with Gasteiger partial charge in [0.15, 0.2) is 0 Å². The largest absolute Gasteiger partial charge is 0.405 e. The van der Waals surface area contributed by atoms with Crippen molar-refractivity contribution >= 4 is 18.7 Å². The molecule has 27 heavy (non-hydrogen) atoms. The molecule has 2 nitrogen and oxygen atoms in total. The normalized spacial score (nSPS) is 19.9. The molecule has 0 amide bonds. The lowest BCUT2D eigenvalue weighted by Crippen LogP contribution is -2.67. The van der Waals surface area contributed by atoms with Gasteiger partial charge in [0.2, 0.25) is 0 Å². The van der Waals surface area contributed by atoms with E-state index in [-0.39, 0.29) is 5.04 Å². The molecule has 4 rings (SSSR count). The van der Waals surface area contributed by atoms with Crippen molar-refractivity contribution < 1.29 is 4.43 Å². The smallest absolute Gasteiger partial charge is 0.261 e. The van der Waals surface area contributed by atoms with Crippen LogP contribution in [0.3, 0.4) is 0 Å². The zero-order valence-corrected chi connectivity index (χ0v) is 17.8. The lowest BCUT2D eigenvalue weighted by Gasteiger charge is -2.44. The Hall–Kier alpha value is -1.84. The minimum atomic E-state index is -2.41. The van der Waals surface area contributed by atoms with Crippen LogP contribution in [0.25, 0.3) is 0 Å². The molecule has 3 heteroatoms. The van der Waals surface area contributed by atoms with Crippen LogP contribution in [-0.2, 0) is 4.43 Å². The molecular weight excluding hydrogens is 346 g/mol. The van der Waals surface area contributed by atoms with Gasteiger partial charge in [-0.2, -0.15) is 0 Å². The van der Waals surface area contributed by atoms with E-state index in [0.717, 1.165) is 6.61 Å². The Bertz CT molecular complexity index is 755. The maximum atomic E-state index is 7.13. The first-order chi connectivity index (χ1) is 13.0. The number of fused-ring (bicyclic) bond motifs is 1. The van der Waals surface area contributed by atoms with Crippen molar-refractivity contribution in [2.24, 2.45) is 0 Å². The number of benzene rings is 2. The van der Waals surface area contributed by atoms with Gasteiger partial charge in [-0.3, -0.25) is 0 Å². The molecule has 0 radical (unpaired) electrons. The first-order valence-electron chi connectivity index (χ1n) is 10.2. The Kier molecular flexibility index (Phi) is 5.00. The van der Waals surface area contributed by atoms with Crippen LogP contribution in [0.5, 0.6) is 0 Å². The monoisotopic (exact) mass is 377 g/mol. The van der Waals surface area contributed by atoms with Crippen LogP contribution < -0.4 is 10.4 Å². The minimum Gasteiger partial charge on any atom is -0.405 e. The molecule has 1 unspecified atom stereocenters. The van der Waals surface area contributed by atoms with Gasteiger partial charge in [-0.05, 0) is 34.7 Å². The maximum Gasteiger partial charge on any atom is 0.261 e. The number of nitrogens with zero attached hydrogens (tertiary/aromatic N) is 1. The van der Waals surface area contributed by atoms with E-state index in [9.17, 15) is 0 Å². The van der Waals surface area contributed by atoms with Crippen LogP contribution in [0.1, 0.15) is 40.0 Å². The van der Waals surface area contributed by atoms with Crippen molar-refractivity contribution in [2.45, 2.75) is 51.1 Å². The number of hydrogen-bond donors (Lipinski definition) is 0. The molecule has 0 spiro atoms. The van der Waals surface area contributed by atoms with E-state index in [0.29, 0.717) is 6.04 Å². The van der Waals surface area contributed by atoms with E-state index in [1.165, 1.54) is 36.2 Å². The standard InChI is InChI=1S/C24H31NOSi/c1-24(2,3)27(22-12-6-4-7-13-22,23-14-8-5-9-15-23)26-19-21-17-16-20-11-10-18-25(20)21/h4-9,11-15,21H,10,16-19H2,1-3H3. The van der Waals surface area contributed by atoms with E-state index in [1.54, 1.807) is 5.70 Å². The summed E-state index contributed by atoms with van der Waals surface area (Å²) in [6.45, 7) is 9.06. The summed E-state index contributed by atoms with van der Waals surface area (Å²) in [4.78, 5) is 2.60. The summed E-state index contributed by atoms with van der Waals surface area (Å²) in [6, 6.07) is 22.5. The number of rotatable bonds is 5. The van der Waals surface area contributed by atoms with Gasteiger partial charge in [-0.1, -0.05) is 87.5 Å². The van der Waals surface area contributed by atoms with E-state index in [2.05, 4.69) is 92.4 Å². The third kappa shape index (κ3) is 3.28. The fourth-order valence-electron chi connectivity index (χ4n) is 4.92. The molecule has 1 saturated heterocycles. The van der Waals surface area contributed by atoms with Crippen LogP contribution in [0.15, 0.2) is 72.4 Å². The minimum absolute atomic E-state index is 0.0536. The first kappa shape index (κ1) is 18.5. The van der Waals surface area contributed by atoms with Gasteiger partial charge in [0.05, 0.1) is 12.6 Å². The third-order valence-electron chi connectivity index (χ3n) is 6.20. The molecule has 0 N–H and O–H groups in total. The fraction of sp³-hybridized carbons (Fsp3) is 0.417. The zero-order chi connectivity index (χ0) is 18.9. The van der Waals surface area contributed by atoms with Gasteiger partial charge in [-0.25, -0.2) is 0 Å². The highest BCUT2D eigenvalue weighted by atomic mass is 28.4. The van der Waals surface area contributed by atoms with Gasteiger partial charge in [0.1, 0.15) is 0 Å². The molecule has 142 valence electrons. The number of allylic oxidation sites excluding steroid dienone is 1. The predicted octanol–water partition coefficient (Wildman–Crippen LogP) is 4.32. The average Bonchev–Trinajstić information content (AvgIpc) is 3.27. The second kappa shape index (κ2) is 7.29. The molecule has 2 heterocycles. The molecule has 0 aromatic heterocycles. The number of hydrogen-bond acceptors (Lipinski definition) is 2. The van der Waals surface area contributed by atoms with Gasteiger partial charge in [0, 0.05) is 12.2 Å². The fourth-order valence-corrected chi connectivity index (χ4v) is 9.52. The highest BCUT2D eigenvalue weighted by Crippen LogP contribution is 2.38. The maximum absolute atomic E-state index is 7.13. The molecule has 2 aromatic rings. The summed E-state index contributed by atoms with van der Waals surface area (Å²) in [5, 5.41) is 2.80. The van der Waals surface area contributed by atoms with Crippen molar-refractivity contribution in [3.05, 3.63) is 72.4 Å². The molecule has 0 saturated carbocycles. The molecule has 0 bridgehead atoms. The van der Waals surface area contributed by atoms with Crippen molar-refractivity contribution in [2.75, 3.05) is 13.2 Å². The summed E-state index contributed by atoms with van der Waals surface area (Å²) in [5.41, 5.74) is 1.55. The highest BCUT2D eigenvalue weighted by molar-refractivity contribution is 6.99. The van der Waals surface area contributed by atoms with Crippen LogP contribution in [0, 0.1) is 0 Å². The van der Waals surface area contributed by atoms with E-state index < -0.39 is 8.32 Å². The predicted molar refractivity (Wildman–Crippen MR) is 116 cm³/mol. The third-order valence-corrected chi connectivity index (χ3v) is 11.2. The molecule has 1 atom stereocenters. The summed E-state index contributed by atoms with van der Waals surface area (Å²) >= 11 is 0. The van der Waals surface area contributed by atoms with Gasteiger partial charge in [-0.15, -0.1) is 0 Å². The summed E-state index contributed by atoms with van der Waals surface area (Å²) in [6.07, 6.45) is 6.06. The van der Waals surface area contributed by atoms with Crippen LogP contribution in [-0.4, -0.2) is 32.4 Å².